The number of amides is 1. The maximum Gasteiger partial charge on any atom is 0.328 e. The standard InChI is InChI=1S/C20H21N3O5S/c1-12-8-9-13(2)16(10-12)22-20(25)14(3)28-18(24)11-21-19-15-6-4-5-7-17(15)29(26,27)23-19/h4-10,14H,11H2,1-3H3,(H,21,23)(H,22,25)/t14-/m1/s1. The van der Waals surface area contributed by atoms with Crippen LogP contribution in [-0.4, -0.2) is 38.8 Å². The van der Waals surface area contributed by atoms with E-state index in [0.717, 1.165) is 11.1 Å². The van der Waals surface area contributed by atoms with Crippen LogP contribution < -0.4 is 10.0 Å². The number of nitrogens with one attached hydrogen (secondary N) is 2. The molecule has 1 aliphatic heterocycles. The molecule has 9 heteroatoms. The molecule has 2 aromatic carbocycles. The quantitative estimate of drug-likeness (QED) is 0.724. The fourth-order valence-electron chi connectivity index (χ4n) is 2.79. The van der Waals surface area contributed by atoms with E-state index in [1.165, 1.54) is 13.0 Å². The van der Waals surface area contributed by atoms with Crippen LogP contribution in [-0.2, 0) is 24.3 Å². The molecule has 0 bridgehead atoms. The van der Waals surface area contributed by atoms with Crippen molar-refractivity contribution < 1.29 is 22.7 Å². The summed E-state index contributed by atoms with van der Waals surface area (Å²) in [5, 5.41) is 2.73. The van der Waals surface area contributed by atoms with Gasteiger partial charge in [-0.25, -0.2) is 8.42 Å². The molecule has 152 valence electrons. The summed E-state index contributed by atoms with van der Waals surface area (Å²) >= 11 is 0. The second-order valence-corrected chi connectivity index (χ2v) is 8.36. The van der Waals surface area contributed by atoms with Crippen LogP contribution in [0.15, 0.2) is 52.4 Å². The van der Waals surface area contributed by atoms with Crippen molar-refractivity contribution in [2.24, 2.45) is 4.99 Å². The van der Waals surface area contributed by atoms with Gasteiger partial charge in [0.15, 0.2) is 6.10 Å². The lowest BCUT2D eigenvalue weighted by molar-refractivity contribution is -0.151. The summed E-state index contributed by atoms with van der Waals surface area (Å²) in [6, 6.07) is 12.0. The number of rotatable bonds is 5. The normalized spacial score (nSPS) is 16.6. The predicted octanol–water partition coefficient (Wildman–Crippen LogP) is 1.91. The zero-order chi connectivity index (χ0) is 21.2. The molecule has 0 saturated carbocycles. The average Bonchev–Trinajstić information content (AvgIpc) is 2.93. The van der Waals surface area contributed by atoms with Gasteiger partial charge in [-0.3, -0.25) is 19.3 Å². The van der Waals surface area contributed by atoms with Crippen molar-refractivity contribution in [2.75, 3.05) is 11.9 Å². The lowest BCUT2D eigenvalue weighted by atomic mass is 10.1. The van der Waals surface area contributed by atoms with Gasteiger partial charge >= 0.3 is 5.97 Å². The van der Waals surface area contributed by atoms with Gasteiger partial charge in [0.2, 0.25) is 0 Å². The summed E-state index contributed by atoms with van der Waals surface area (Å²) in [5.74, 6) is -1.14. The van der Waals surface area contributed by atoms with Crippen LogP contribution in [0.4, 0.5) is 5.69 Å². The first-order chi connectivity index (χ1) is 13.7. The smallest absolute Gasteiger partial charge is 0.328 e. The van der Waals surface area contributed by atoms with E-state index in [1.807, 2.05) is 32.0 Å². The first-order valence-electron chi connectivity index (χ1n) is 8.91. The van der Waals surface area contributed by atoms with Crippen molar-refractivity contribution in [2.45, 2.75) is 31.8 Å². The number of hydrogen-bond donors (Lipinski definition) is 2. The zero-order valence-corrected chi connectivity index (χ0v) is 17.0. The van der Waals surface area contributed by atoms with Gasteiger partial charge in [-0.15, -0.1) is 0 Å². The second-order valence-electron chi connectivity index (χ2n) is 6.71. The van der Waals surface area contributed by atoms with E-state index in [0.29, 0.717) is 11.3 Å². The number of fused-ring (bicyclic) bond motifs is 1. The largest absolute Gasteiger partial charge is 0.451 e. The van der Waals surface area contributed by atoms with Gasteiger partial charge in [0.25, 0.3) is 15.9 Å². The first-order valence-corrected chi connectivity index (χ1v) is 10.4. The highest BCUT2D eigenvalue weighted by molar-refractivity contribution is 7.90. The summed E-state index contributed by atoms with van der Waals surface area (Å²) in [6.07, 6.45) is -1.03. The van der Waals surface area contributed by atoms with Crippen molar-refractivity contribution in [1.29, 1.82) is 0 Å². The van der Waals surface area contributed by atoms with Gasteiger partial charge in [-0.05, 0) is 50.1 Å². The lowest BCUT2D eigenvalue weighted by Crippen LogP contribution is -2.31. The Hall–Kier alpha value is -3.20. The molecule has 3 rings (SSSR count). The molecule has 2 aromatic rings. The van der Waals surface area contributed by atoms with Crippen molar-refractivity contribution in [3.05, 3.63) is 59.2 Å². The monoisotopic (exact) mass is 415 g/mol. The third-order valence-electron chi connectivity index (χ3n) is 4.36. The van der Waals surface area contributed by atoms with Crippen molar-refractivity contribution >= 4 is 33.4 Å². The van der Waals surface area contributed by atoms with E-state index in [1.54, 1.807) is 18.2 Å². The minimum Gasteiger partial charge on any atom is -0.451 e. The molecule has 0 aromatic heterocycles. The summed E-state index contributed by atoms with van der Waals surface area (Å²) in [6.45, 7) is 4.81. The molecule has 0 unspecified atom stereocenters. The van der Waals surface area contributed by atoms with Crippen molar-refractivity contribution in [1.82, 2.24) is 4.72 Å². The predicted molar refractivity (Wildman–Crippen MR) is 108 cm³/mol. The van der Waals surface area contributed by atoms with Gasteiger partial charge in [-0.2, -0.15) is 0 Å². The van der Waals surface area contributed by atoms with Crippen molar-refractivity contribution in [3.8, 4) is 0 Å². The Morgan fingerprint density at radius 1 is 1.17 bits per heavy atom. The molecular formula is C20H21N3O5S. The fourth-order valence-corrected chi connectivity index (χ4v) is 4.04. The summed E-state index contributed by atoms with van der Waals surface area (Å²) in [7, 11) is -3.68. The van der Waals surface area contributed by atoms with E-state index in [9.17, 15) is 18.0 Å². The third-order valence-corrected chi connectivity index (χ3v) is 5.75. The Labute approximate surface area is 169 Å². The number of ether oxygens (including phenoxy) is 1. The molecule has 8 nitrogen and oxygen atoms in total. The van der Waals surface area contributed by atoms with Crippen LogP contribution in [0.2, 0.25) is 0 Å². The molecule has 1 aliphatic rings. The molecule has 1 amide bonds. The summed E-state index contributed by atoms with van der Waals surface area (Å²) < 4.78 is 31.5. The number of anilines is 1. The summed E-state index contributed by atoms with van der Waals surface area (Å²) in [4.78, 5) is 28.5. The molecule has 0 fully saturated rings. The fraction of sp³-hybridized carbons (Fsp3) is 0.250. The van der Waals surface area contributed by atoms with E-state index in [2.05, 4.69) is 15.0 Å². The molecule has 1 heterocycles. The van der Waals surface area contributed by atoms with E-state index >= 15 is 0 Å². The Morgan fingerprint density at radius 3 is 2.66 bits per heavy atom. The van der Waals surface area contributed by atoms with Gasteiger partial charge in [-0.1, -0.05) is 24.3 Å². The Morgan fingerprint density at radius 2 is 1.90 bits per heavy atom. The van der Waals surface area contributed by atoms with Gasteiger partial charge in [0, 0.05) is 11.3 Å². The third kappa shape index (κ3) is 4.62. The maximum absolute atomic E-state index is 12.3. The maximum atomic E-state index is 12.3. The number of amidine groups is 1. The Bertz CT molecular complexity index is 1110. The number of sulfonamides is 1. The molecule has 0 spiro atoms. The molecule has 0 radical (unpaired) electrons. The van der Waals surface area contributed by atoms with Crippen molar-refractivity contribution in [3.63, 3.8) is 0 Å². The topological polar surface area (TPSA) is 114 Å². The van der Waals surface area contributed by atoms with E-state index in [4.69, 9.17) is 4.74 Å². The van der Waals surface area contributed by atoms with Gasteiger partial charge in [0.1, 0.15) is 12.4 Å². The molecule has 0 saturated heterocycles. The van der Waals surface area contributed by atoms with Crippen LogP contribution in [0, 0.1) is 13.8 Å². The van der Waals surface area contributed by atoms with Crippen LogP contribution in [0.1, 0.15) is 23.6 Å². The Kier molecular flexibility index (Phi) is 5.69. The molecule has 2 N–H and O–H groups in total. The number of carbonyl (C=O) groups is 2. The summed E-state index contributed by atoms with van der Waals surface area (Å²) in [5.41, 5.74) is 2.92. The zero-order valence-electron chi connectivity index (χ0n) is 16.2. The van der Waals surface area contributed by atoms with Gasteiger partial charge in [0.05, 0.1) is 4.90 Å². The van der Waals surface area contributed by atoms with Crippen LogP contribution >= 0.6 is 0 Å². The number of aliphatic imine (C=N–C) groups is 1. The number of carbonyl (C=O) groups excluding carboxylic acids is 2. The number of hydrogen-bond acceptors (Lipinski definition) is 6. The number of nitrogens with zero attached hydrogens (tertiary/aromatic N) is 1. The minimum atomic E-state index is -3.68. The SMILES string of the molecule is Cc1ccc(C)c(NC(=O)[C@@H](C)OC(=O)CN=C2NS(=O)(=O)c3ccccc32)c1. The minimum absolute atomic E-state index is 0.0741. The number of aryl methyl sites for hydroxylation is 2. The highest BCUT2D eigenvalue weighted by Crippen LogP contribution is 2.22. The van der Waals surface area contributed by atoms with E-state index < -0.39 is 34.5 Å². The molecule has 0 aliphatic carbocycles. The number of benzene rings is 2. The highest BCUT2D eigenvalue weighted by atomic mass is 32.2. The molecular weight excluding hydrogens is 394 g/mol. The average molecular weight is 415 g/mol. The lowest BCUT2D eigenvalue weighted by Gasteiger charge is -2.14. The van der Waals surface area contributed by atoms with Crippen LogP contribution in [0.5, 0.6) is 0 Å². The van der Waals surface area contributed by atoms with Crippen LogP contribution in [0.25, 0.3) is 0 Å². The van der Waals surface area contributed by atoms with E-state index in [-0.39, 0.29) is 10.7 Å². The second kappa shape index (κ2) is 8.04. The molecule has 29 heavy (non-hydrogen) atoms. The van der Waals surface area contributed by atoms with Gasteiger partial charge < -0.3 is 10.1 Å². The molecule has 1 atom stereocenters. The van der Waals surface area contributed by atoms with Crippen LogP contribution in [0.3, 0.4) is 0 Å². The highest BCUT2D eigenvalue weighted by Gasteiger charge is 2.30. The number of esters is 1. The Balaban J connectivity index is 1.62. The first kappa shape index (κ1) is 20.5.